The summed E-state index contributed by atoms with van der Waals surface area (Å²) in [5.41, 5.74) is 1.98. The number of nitro benzene ring substituents is 1. The third-order valence-electron chi connectivity index (χ3n) is 3.36. The molecule has 0 radical (unpaired) electrons. The number of amides is 1. The average Bonchev–Trinajstić information content (AvgIpc) is 2.57. The smallest absolute Gasteiger partial charge is 0.292 e. The summed E-state index contributed by atoms with van der Waals surface area (Å²) >= 11 is 0. The molecule has 2 aromatic rings. The van der Waals surface area contributed by atoms with Crippen LogP contribution in [0.2, 0.25) is 0 Å². The van der Waals surface area contributed by atoms with Crippen LogP contribution in [0.3, 0.4) is 0 Å². The molecule has 0 fully saturated rings. The lowest BCUT2D eigenvalue weighted by molar-refractivity contribution is -0.384. The van der Waals surface area contributed by atoms with E-state index in [1.165, 1.54) is 6.07 Å². The molecule has 126 valence electrons. The molecule has 2 rings (SSSR count). The number of carbonyl (C=O) groups is 1. The van der Waals surface area contributed by atoms with Gasteiger partial charge in [0, 0.05) is 37.4 Å². The first-order chi connectivity index (χ1) is 11.6. The van der Waals surface area contributed by atoms with Gasteiger partial charge in [0.05, 0.1) is 11.5 Å². The van der Waals surface area contributed by atoms with Gasteiger partial charge in [-0.3, -0.25) is 14.9 Å². The maximum atomic E-state index is 12.1. The monoisotopic (exact) mass is 329 g/mol. The highest BCUT2D eigenvalue weighted by molar-refractivity contribution is 5.91. The first kappa shape index (κ1) is 17.4. The zero-order valence-corrected chi connectivity index (χ0v) is 13.3. The van der Waals surface area contributed by atoms with Crippen LogP contribution >= 0.6 is 0 Å². The molecule has 7 heteroatoms. The molecule has 0 aliphatic rings. The van der Waals surface area contributed by atoms with E-state index in [9.17, 15) is 14.9 Å². The van der Waals surface area contributed by atoms with Gasteiger partial charge in [0.2, 0.25) is 5.91 Å². The number of ether oxygens (including phenoxy) is 1. The molecule has 0 saturated heterocycles. The lowest BCUT2D eigenvalue weighted by Gasteiger charge is -2.11. The fraction of sp³-hybridized carbons (Fsp3) is 0.235. The van der Waals surface area contributed by atoms with Crippen LogP contribution < -0.4 is 10.6 Å². The Morgan fingerprint density at radius 2 is 1.79 bits per heavy atom. The summed E-state index contributed by atoms with van der Waals surface area (Å²) in [4.78, 5) is 22.5. The Kier molecular flexibility index (Phi) is 6.27. The van der Waals surface area contributed by atoms with Crippen molar-refractivity contribution < 1.29 is 14.5 Å². The van der Waals surface area contributed by atoms with Crippen LogP contribution in [0.15, 0.2) is 48.5 Å². The highest BCUT2D eigenvalue weighted by atomic mass is 16.6. The number of para-hydroxylation sites is 3. The predicted molar refractivity (Wildman–Crippen MR) is 92.0 cm³/mol. The van der Waals surface area contributed by atoms with Gasteiger partial charge in [-0.25, -0.2) is 0 Å². The van der Waals surface area contributed by atoms with Crippen molar-refractivity contribution in [2.45, 2.75) is 13.0 Å². The quantitative estimate of drug-likeness (QED) is 0.573. The molecule has 0 heterocycles. The van der Waals surface area contributed by atoms with E-state index >= 15 is 0 Å². The lowest BCUT2D eigenvalue weighted by Crippen LogP contribution is -2.17. The normalized spacial score (nSPS) is 10.2. The van der Waals surface area contributed by atoms with Gasteiger partial charge in [-0.05, 0) is 12.1 Å². The van der Waals surface area contributed by atoms with Crippen molar-refractivity contribution in [3.8, 4) is 0 Å². The van der Waals surface area contributed by atoms with Gasteiger partial charge >= 0.3 is 0 Å². The van der Waals surface area contributed by atoms with Gasteiger partial charge in [-0.15, -0.1) is 0 Å². The minimum Gasteiger partial charge on any atom is -0.380 e. The highest BCUT2D eigenvalue weighted by Crippen LogP contribution is 2.23. The zero-order chi connectivity index (χ0) is 17.4. The number of nitrogens with one attached hydrogen (secondary N) is 2. The Labute approximate surface area is 139 Å². The van der Waals surface area contributed by atoms with Crippen molar-refractivity contribution in [3.63, 3.8) is 0 Å². The van der Waals surface area contributed by atoms with E-state index in [1.807, 2.05) is 24.3 Å². The Balaban J connectivity index is 1.90. The minimum atomic E-state index is -0.455. The molecule has 0 bridgehead atoms. The highest BCUT2D eigenvalue weighted by Gasteiger charge is 2.12. The molecule has 0 aliphatic heterocycles. The molecule has 0 unspecified atom stereocenters. The number of nitro groups is 1. The SMILES string of the molecule is COCc1ccccc1NC(=O)CCNc1ccccc1[N+](=O)[O-]. The maximum Gasteiger partial charge on any atom is 0.292 e. The Morgan fingerprint density at radius 3 is 2.50 bits per heavy atom. The number of carbonyl (C=O) groups excluding carboxylic acids is 1. The molecular weight excluding hydrogens is 310 g/mol. The van der Waals surface area contributed by atoms with Gasteiger partial charge in [-0.1, -0.05) is 30.3 Å². The predicted octanol–water partition coefficient (Wildman–Crippen LogP) is 3.18. The van der Waals surface area contributed by atoms with E-state index in [2.05, 4.69) is 10.6 Å². The standard InChI is InChI=1S/C17H19N3O4/c1-24-12-13-6-2-3-7-14(13)19-17(21)10-11-18-15-8-4-5-9-16(15)20(22)23/h2-9,18H,10-12H2,1H3,(H,19,21). The van der Waals surface area contributed by atoms with Gasteiger partial charge in [0.15, 0.2) is 0 Å². The first-order valence-electron chi connectivity index (χ1n) is 7.46. The van der Waals surface area contributed by atoms with Crippen LogP contribution in [0.4, 0.5) is 17.1 Å². The van der Waals surface area contributed by atoms with Crippen molar-refractivity contribution in [2.75, 3.05) is 24.3 Å². The topological polar surface area (TPSA) is 93.5 Å². The first-order valence-corrected chi connectivity index (χ1v) is 7.46. The molecular formula is C17H19N3O4. The summed E-state index contributed by atoms with van der Waals surface area (Å²) in [6.45, 7) is 0.702. The second-order valence-electron chi connectivity index (χ2n) is 5.09. The van der Waals surface area contributed by atoms with E-state index in [1.54, 1.807) is 25.3 Å². The summed E-state index contributed by atoms with van der Waals surface area (Å²) in [5, 5.41) is 16.7. The summed E-state index contributed by atoms with van der Waals surface area (Å²) < 4.78 is 5.10. The largest absolute Gasteiger partial charge is 0.380 e. The Bertz CT molecular complexity index is 718. The van der Waals surface area contributed by atoms with E-state index in [-0.39, 0.29) is 18.0 Å². The van der Waals surface area contributed by atoms with Crippen LogP contribution in [0, 0.1) is 10.1 Å². The number of methoxy groups -OCH3 is 1. The molecule has 0 spiro atoms. The van der Waals surface area contributed by atoms with Crippen molar-refractivity contribution >= 4 is 23.0 Å². The van der Waals surface area contributed by atoms with Gasteiger partial charge in [0.25, 0.3) is 5.69 Å². The van der Waals surface area contributed by atoms with Crippen LogP contribution in [0.5, 0.6) is 0 Å². The van der Waals surface area contributed by atoms with Crippen molar-refractivity contribution in [3.05, 3.63) is 64.2 Å². The Hall–Kier alpha value is -2.93. The van der Waals surface area contributed by atoms with E-state index in [0.29, 0.717) is 24.5 Å². The Morgan fingerprint density at radius 1 is 1.12 bits per heavy atom. The fourth-order valence-corrected chi connectivity index (χ4v) is 2.23. The van der Waals surface area contributed by atoms with Crippen LogP contribution in [0.25, 0.3) is 0 Å². The molecule has 1 amide bonds. The average molecular weight is 329 g/mol. The van der Waals surface area contributed by atoms with E-state index in [4.69, 9.17) is 4.74 Å². The molecule has 0 aliphatic carbocycles. The number of hydrogen-bond donors (Lipinski definition) is 2. The fourth-order valence-electron chi connectivity index (χ4n) is 2.23. The molecule has 2 aromatic carbocycles. The third-order valence-corrected chi connectivity index (χ3v) is 3.36. The number of nitrogens with zero attached hydrogens (tertiary/aromatic N) is 1. The van der Waals surface area contributed by atoms with Crippen molar-refractivity contribution in [1.82, 2.24) is 0 Å². The molecule has 2 N–H and O–H groups in total. The number of anilines is 2. The molecule has 24 heavy (non-hydrogen) atoms. The molecule has 7 nitrogen and oxygen atoms in total. The third kappa shape index (κ3) is 4.79. The van der Waals surface area contributed by atoms with Crippen molar-refractivity contribution in [2.24, 2.45) is 0 Å². The second-order valence-corrected chi connectivity index (χ2v) is 5.09. The number of hydrogen-bond acceptors (Lipinski definition) is 5. The van der Waals surface area contributed by atoms with Gasteiger partial charge in [-0.2, -0.15) is 0 Å². The summed E-state index contributed by atoms with van der Waals surface area (Å²) in [6, 6.07) is 13.7. The van der Waals surface area contributed by atoms with Crippen molar-refractivity contribution in [1.29, 1.82) is 0 Å². The molecule has 0 saturated carbocycles. The second kappa shape index (κ2) is 8.64. The summed E-state index contributed by atoms with van der Waals surface area (Å²) in [6.07, 6.45) is 0.188. The zero-order valence-electron chi connectivity index (χ0n) is 13.3. The van der Waals surface area contributed by atoms with Crippen LogP contribution in [-0.4, -0.2) is 24.5 Å². The number of rotatable bonds is 8. The van der Waals surface area contributed by atoms with Gasteiger partial charge < -0.3 is 15.4 Å². The number of benzene rings is 2. The summed E-state index contributed by atoms with van der Waals surface area (Å²) in [5.74, 6) is -0.176. The van der Waals surface area contributed by atoms with E-state index < -0.39 is 4.92 Å². The lowest BCUT2D eigenvalue weighted by atomic mass is 10.2. The van der Waals surface area contributed by atoms with E-state index in [0.717, 1.165) is 5.56 Å². The summed E-state index contributed by atoms with van der Waals surface area (Å²) in [7, 11) is 1.59. The maximum absolute atomic E-state index is 12.1. The van der Waals surface area contributed by atoms with Crippen LogP contribution in [-0.2, 0) is 16.1 Å². The van der Waals surface area contributed by atoms with Gasteiger partial charge in [0.1, 0.15) is 5.69 Å². The van der Waals surface area contributed by atoms with Crippen LogP contribution in [0.1, 0.15) is 12.0 Å². The molecule has 0 aromatic heterocycles. The minimum absolute atomic E-state index is 0.0108. The molecule has 0 atom stereocenters.